The van der Waals surface area contributed by atoms with Crippen LogP contribution < -0.4 is 10.2 Å². The Morgan fingerprint density at radius 2 is 2.00 bits per heavy atom. The van der Waals surface area contributed by atoms with Gasteiger partial charge in [-0.15, -0.1) is 0 Å². The van der Waals surface area contributed by atoms with E-state index in [1.165, 1.54) is 0 Å². The molecule has 1 aromatic carbocycles. The lowest BCUT2D eigenvalue weighted by molar-refractivity contribution is -0.120. The third-order valence-corrected chi connectivity index (χ3v) is 5.31. The van der Waals surface area contributed by atoms with Gasteiger partial charge in [0.05, 0.1) is 11.7 Å². The van der Waals surface area contributed by atoms with Gasteiger partial charge < -0.3 is 10.2 Å². The number of hydrogen-bond donors (Lipinski definition) is 2. The summed E-state index contributed by atoms with van der Waals surface area (Å²) >= 11 is 0. The van der Waals surface area contributed by atoms with Crippen molar-refractivity contribution in [2.75, 3.05) is 23.3 Å². The van der Waals surface area contributed by atoms with Gasteiger partial charge in [-0.25, -0.2) is 15.0 Å². The first kappa shape index (κ1) is 17.4. The van der Waals surface area contributed by atoms with E-state index in [1.807, 2.05) is 35.0 Å². The molecule has 1 aliphatic heterocycles. The third kappa shape index (κ3) is 3.54. The molecule has 0 bridgehead atoms. The zero-order chi connectivity index (χ0) is 19.6. The molecule has 1 fully saturated rings. The van der Waals surface area contributed by atoms with Crippen LogP contribution in [-0.2, 0) is 4.79 Å². The normalized spacial score (nSPS) is 15.0. The SMILES string of the molecule is O=C(Nc1ccc2cn[nH]c2c1)C1CCN(c2cc(-n3ccnc3)ncn2)CC1. The molecule has 0 spiro atoms. The number of anilines is 2. The van der Waals surface area contributed by atoms with Crippen LogP contribution >= 0.6 is 0 Å². The molecule has 0 aliphatic carbocycles. The van der Waals surface area contributed by atoms with E-state index < -0.39 is 0 Å². The van der Waals surface area contributed by atoms with Crippen molar-refractivity contribution in [1.29, 1.82) is 0 Å². The number of rotatable bonds is 4. The van der Waals surface area contributed by atoms with Crippen molar-refractivity contribution < 1.29 is 4.79 Å². The van der Waals surface area contributed by atoms with Gasteiger partial charge in [-0.2, -0.15) is 5.10 Å². The number of nitrogens with zero attached hydrogens (tertiary/aromatic N) is 6. The monoisotopic (exact) mass is 388 g/mol. The van der Waals surface area contributed by atoms with Crippen LogP contribution in [0.3, 0.4) is 0 Å². The number of aromatic amines is 1. The summed E-state index contributed by atoms with van der Waals surface area (Å²) in [6.07, 6.45) is 10.2. The Morgan fingerprint density at radius 1 is 1.14 bits per heavy atom. The topological polar surface area (TPSA) is 105 Å². The zero-order valence-electron chi connectivity index (χ0n) is 15.7. The predicted octanol–water partition coefficient (Wildman–Crippen LogP) is 2.39. The molecular formula is C20H20N8O. The van der Waals surface area contributed by atoms with Crippen molar-refractivity contribution in [2.24, 2.45) is 5.92 Å². The number of benzene rings is 1. The molecule has 29 heavy (non-hydrogen) atoms. The maximum Gasteiger partial charge on any atom is 0.227 e. The molecule has 9 nitrogen and oxygen atoms in total. The summed E-state index contributed by atoms with van der Waals surface area (Å²) in [5.41, 5.74) is 1.70. The number of amides is 1. The maximum absolute atomic E-state index is 12.7. The highest BCUT2D eigenvalue weighted by Gasteiger charge is 2.26. The smallest absolute Gasteiger partial charge is 0.227 e. The van der Waals surface area contributed by atoms with Crippen LogP contribution in [0.5, 0.6) is 0 Å². The van der Waals surface area contributed by atoms with Crippen LogP contribution in [0.15, 0.2) is 55.5 Å². The molecule has 1 amide bonds. The van der Waals surface area contributed by atoms with Gasteiger partial charge in [-0.1, -0.05) is 0 Å². The largest absolute Gasteiger partial charge is 0.356 e. The minimum atomic E-state index is -0.0151. The second-order valence-electron chi connectivity index (χ2n) is 7.13. The Labute approximate surface area is 166 Å². The number of imidazole rings is 1. The first-order valence-electron chi connectivity index (χ1n) is 9.55. The summed E-state index contributed by atoms with van der Waals surface area (Å²) in [7, 11) is 0. The van der Waals surface area contributed by atoms with Crippen LogP contribution in [0.25, 0.3) is 16.7 Å². The van der Waals surface area contributed by atoms with Gasteiger partial charge in [-0.3, -0.25) is 14.5 Å². The van der Waals surface area contributed by atoms with Crippen molar-refractivity contribution in [3.63, 3.8) is 0 Å². The number of nitrogens with one attached hydrogen (secondary N) is 2. The minimum absolute atomic E-state index is 0.0151. The van der Waals surface area contributed by atoms with E-state index in [1.54, 1.807) is 25.0 Å². The molecule has 4 heterocycles. The summed E-state index contributed by atoms with van der Waals surface area (Å²) < 4.78 is 1.85. The Balaban J connectivity index is 1.22. The maximum atomic E-state index is 12.7. The minimum Gasteiger partial charge on any atom is -0.356 e. The van der Waals surface area contributed by atoms with Crippen LogP contribution in [0.2, 0.25) is 0 Å². The second kappa shape index (κ2) is 7.34. The lowest BCUT2D eigenvalue weighted by Gasteiger charge is -2.32. The summed E-state index contributed by atoms with van der Waals surface area (Å²) in [5, 5.41) is 11.0. The highest BCUT2D eigenvalue weighted by Crippen LogP contribution is 2.24. The molecule has 0 atom stereocenters. The van der Waals surface area contributed by atoms with E-state index in [0.29, 0.717) is 0 Å². The summed E-state index contributed by atoms with van der Waals surface area (Å²) in [5.74, 6) is 1.69. The van der Waals surface area contributed by atoms with E-state index >= 15 is 0 Å². The number of carbonyl (C=O) groups excluding carboxylic acids is 1. The third-order valence-electron chi connectivity index (χ3n) is 5.31. The number of piperidine rings is 1. The molecule has 0 radical (unpaired) electrons. The van der Waals surface area contributed by atoms with Gasteiger partial charge in [0.15, 0.2) is 0 Å². The molecule has 9 heteroatoms. The first-order chi connectivity index (χ1) is 14.3. The van der Waals surface area contributed by atoms with Crippen LogP contribution in [-0.4, -0.2) is 48.7 Å². The van der Waals surface area contributed by atoms with Crippen molar-refractivity contribution >= 4 is 28.3 Å². The number of hydrogen-bond acceptors (Lipinski definition) is 6. The summed E-state index contributed by atoms with van der Waals surface area (Å²) in [6.45, 7) is 1.55. The fraction of sp³-hybridized carbons (Fsp3) is 0.250. The molecule has 3 aromatic heterocycles. The van der Waals surface area contributed by atoms with E-state index in [4.69, 9.17) is 0 Å². The Hall–Kier alpha value is -3.75. The molecule has 0 saturated carbocycles. The number of carbonyl (C=O) groups is 1. The average molecular weight is 388 g/mol. The Morgan fingerprint density at radius 3 is 2.83 bits per heavy atom. The van der Waals surface area contributed by atoms with Gasteiger partial charge >= 0.3 is 0 Å². The molecule has 146 valence electrons. The van der Waals surface area contributed by atoms with Crippen molar-refractivity contribution in [2.45, 2.75) is 12.8 Å². The van der Waals surface area contributed by atoms with Crippen LogP contribution in [0.1, 0.15) is 12.8 Å². The van der Waals surface area contributed by atoms with Crippen molar-refractivity contribution in [1.82, 2.24) is 29.7 Å². The van der Waals surface area contributed by atoms with Gasteiger partial charge in [0.25, 0.3) is 0 Å². The molecular weight excluding hydrogens is 368 g/mol. The van der Waals surface area contributed by atoms with E-state index in [-0.39, 0.29) is 11.8 Å². The summed E-state index contributed by atoms with van der Waals surface area (Å²) in [6, 6.07) is 7.71. The number of fused-ring (bicyclic) bond motifs is 1. The van der Waals surface area contributed by atoms with Crippen LogP contribution in [0.4, 0.5) is 11.5 Å². The van der Waals surface area contributed by atoms with Gasteiger partial charge in [0.2, 0.25) is 5.91 Å². The molecule has 1 aliphatic rings. The van der Waals surface area contributed by atoms with E-state index in [9.17, 15) is 4.79 Å². The highest BCUT2D eigenvalue weighted by molar-refractivity contribution is 5.94. The van der Waals surface area contributed by atoms with Crippen molar-refractivity contribution in [3.05, 3.63) is 55.5 Å². The fourth-order valence-corrected chi connectivity index (χ4v) is 3.68. The van der Waals surface area contributed by atoms with E-state index in [2.05, 4.69) is 35.4 Å². The fourth-order valence-electron chi connectivity index (χ4n) is 3.68. The average Bonchev–Trinajstić information content (AvgIpc) is 3.46. The molecule has 4 aromatic rings. The Bertz CT molecular complexity index is 1130. The van der Waals surface area contributed by atoms with E-state index in [0.717, 1.165) is 54.2 Å². The zero-order valence-corrected chi connectivity index (χ0v) is 15.7. The Kier molecular flexibility index (Phi) is 4.39. The molecule has 1 saturated heterocycles. The van der Waals surface area contributed by atoms with Gasteiger partial charge in [-0.05, 0) is 31.0 Å². The van der Waals surface area contributed by atoms with Gasteiger partial charge in [0.1, 0.15) is 24.3 Å². The van der Waals surface area contributed by atoms with Crippen molar-refractivity contribution in [3.8, 4) is 5.82 Å². The molecule has 0 unspecified atom stereocenters. The lowest BCUT2D eigenvalue weighted by atomic mass is 9.95. The predicted molar refractivity (Wildman–Crippen MR) is 109 cm³/mol. The van der Waals surface area contributed by atoms with Crippen LogP contribution in [0, 0.1) is 5.92 Å². The van der Waals surface area contributed by atoms with Gasteiger partial charge in [0, 0.05) is 48.5 Å². The highest BCUT2D eigenvalue weighted by atomic mass is 16.1. The molecule has 2 N–H and O–H groups in total. The number of aromatic nitrogens is 6. The standard InChI is InChI=1S/C20H20N8O/c29-20(25-16-2-1-15-11-24-26-17(15)9-16)14-3-6-27(7-4-14)18-10-19(23-12-22-18)28-8-5-21-13-28/h1-2,5,8-14H,3-4,6-7H2,(H,24,26)(H,25,29). The molecule has 5 rings (SSSR count). The number of H-pyrrole nitrogens is 1. The first-order valence-corrected chi connectivity index (χ1v) is 9.55. The second-order valence-corrected chi connectivity index (χ2v) is 7.13. The lowest BCUT2D eigenvalue weighted by Crippen LogP contribution is -2.38. The quantitative estimate of drug-likeness (QED) is 0.556. The summed E-state index contributed by atoms with van der Waals surface area (Å²) in [4.78, 5) is 27.7.